The van der Waals surface area contributed by atoms with E-state index in [1.54, 1.807) is 7.11 Å². The van der Waals surface area contributed by atoms with Crippen molar-refractivity contribution in [3.8, 4) is 11.5 Å². The predicted molar refractivity (Wildman–Crippen MR) is 97.3 cm³/mol. The molecular weight excluding hydrogens is 332 g/mol. The van der Waals surface area contributed by atoms with Crippen molar-refractivity contribution in [3.05, 3.63) is 54.5 Å². The van der Waals surface area contributed by atoms with E-state index in [-0.39, 0.29) is 11.9 Å². The monoisotopic (exact) mass is 354 g/mol. The number of pyridine rings is 1. The number of nitrogens with one attached hydrogen (secondary N) is 1. The van der Waals surface area contributed by atoms with Gasteiger partial charge in [-0.2, -0.15) is 0 Å². The minimum Gasteiger partial charge on any atom is -0.497 e. The maximum Gasteiger partial charge on any atom is 0.220 e. The molecule has 1 aromatic carbocycles. The molecule has 7 heteroatoms. The maximum atomic E-state index is 12.1. The standard InChI is InChI=1S/C19H22N4O3/c1-14(19-22-21-17-6-3-4-12-23(17)19)20-18(24)7-5-13-26-16-10-8-15(25-2)9-11-16/h3-4,6,8-12,14H,5,7,13H2,1-2H3,(H,20,24). The fraction of sp³-hybridized carbons (Fsp3) is 0.316. The van der Waals surface area contributed by atoms with Crippen LogP contribution in [0.4, 0.5) is 0 Å². The topological polar surface area (TPSA) is 77.8 Å². The molecule has 0 aliphatic heterocycles. The highest BCUT2D eigenvalue weighted by molar-refractivity contribution is 5.76. The van der Waals surface area contributed by atoms with Crippen LogP contribution in [0.2, 0.25) is 0 Å². The number of benzene rings is 1. The first-order chi connectivity index (χ1) is 12.7. The first kappa shape index (κ1) is 17.7. The normalized spacial score (nSPS) is 11.9. The molecule has 136 valence electrons. The molecule has 0 spiro atoms. The van der Waals surface area contributed by atoms with Crippen molar-refractivity contribution in [1.82, 2.24) is 19.9 Å². The smallest absolute Gasteiger partial charge is 0.220 e. The third-order valence-electron chi connectivity index (χ3n) is 3.98. The number of hydrogen-bond donors (Lipinski definition) is 1. The number of rotatable bonds is 8. The summed E-state index contributed by atoms with van der Waals surface area (Å²) in [5.74, 6) is 2.22. The molecule has 0 fully saturated rings. The highest BCUT2D eigenvalue weighted by atomic mass is 16.5. The van der Waals surface area contributed by atoms with E-state index in [0.717, 1.165) is 17.1 Å². The Morgan fingerprint density at radius 3 is 2.69 bits per heavy atom. The van der Waals surface area contributed by atoms with Crippen molar-refractivity contribution in [2.45, 2.75) is 25.8 Å². The van der Waals surface area contributed by atoms with Crippen LogP contribution >= 0.6 is 0 Å². The Labute approximate surface area is 152 Å². The molecule has 0 saturated carbocycles. The predicted octanol–water partition coefficient (Wildman–Crippen LogP) is 2.77. The zero-order chi connectivity index (χ0) is 18.4. The summed E-state index contributed by atoms with van der Waals surface area (Å²) in [5.41, 5.74) is 0.761. The second-order valence-corrected chi connectivity index (χ2v) is 5.90. The quantitative estimate of drug-likeness (QED) is 0.630. The minimum absolute atomic E-state index is 0.0384. The number of methoxy groups -OCH3 is 1. The van der Waals surface area contributed by atoms with Crippen LogP contribution in [0, 0.1) is 0 Å². The summed E-state index contributed by atoms with van der Waals surface area (Å²) in [6, 6.07) is 12.8. The molecule has 1 amide bonds. The number of amides is 1. The number of fused-ring (bicyclic) bond motifs is 1. The first-order valence-corrected chi connectivity index (χ1v) is 8.53. The van der Waals surface area contributed by atoms with Crippen molar-refractivity contribution in [1.29, 1.82) is 0 Å². The van der Waals surface area contributed by atoms with Crippen molar-refractivity contribution >= 4 is 11.6 Å². The van der Waals surface area contributed by atoms with Gasteiger partial charge in [-0.05, 0) is 49.7 Å². The zero-order valence-electron chi connectivity index (χ0n) is 14.9. The lowest BCUT2D eigenvalue weighted by Crippen LogP contribution is -2.28. The Hall–Kier alpha value is -3.09. The molecule has 0 aliphatic rings. The van der Waals surface area contributed by atoms with Gasteiger partial charge in [-0.25, -0.2) is 0 Å². The van der Waals surface area contributed by atoms with Crippen LogP contribution in [0.5, 0.6) is 11.5 Å². The van der Waals surface area contributed by atoms with Crippen LogP contribution < -0.4 is 14.8 Å². The third kappa shape index (κ3) is 4.30. The molecule has 26 heavy (non-hydrogen) atoms. The van der Waals surface area contributed by atoms with Gasteiger partial charge >= 0.3 is 0 Å². The molecule has 2 aromatic heterocycles. The second-order valence-electron chi connectivity index (χ2n) is 5.90. The molecule has 0 radical (unpaired) electrons. The van der Waals surface area contributed by atoms with Crippen molar-refractivity contribution in [3.63, 3.8) is 0 Å². The molecule has 1 atom stereocenters. The van der Waals surface area contributed by atoms with Crippen LogP contribution in [-0.2, 0) is 4.79 Å². The average Bonchev–Trinajstić information content (AvgIpc) is 3.10. The van der Waals surface area contributed by atoms with Crippen LogP contribution in [0.15, 0.2) is 48.7 Å². The maximum absolute atomic E-state index is 12.1. The number of aromatic nitrogens is 3. The Morgan fingerprint density at radius 2 is 1.92 bits per heavy atom. The van der Waals surface area contributed by atoms with Gasteiger partial charge in [0, 0.05) is 12.6 Å². The van der Waals surface area contributed by atoms with Gasteiger partial charge < -0.3 is 14.8 Å². The van der Waals surface area contributed by atoms with Gasteiger partial charge in [0.05, 0.1) is 19.8 Å². The first-order valence-electron chi connectivity index (χ1n) is 8.53. The number of carbonyl (C=O) groups excluding carboxylic acids is 1. The van der Waals surface area contributed by atoms with Crippen LogP contribution in [0.3, 0.4) is 0 Å². The third-order valence-corrected chi connectivity index (χ3v) is 3.98. The summed E-state index contributed by atoms with van der Waals surface area (Å²) < 4.78 is 12.6. The number of ether oxygens (including phenoxy) is 2. The van der Waals surface area contributed by atoms with Crippen molar-refractivity contribution < 1.29 is 14.3 Å². The molecule has 0 aliphatic carbocycles. The van der Waals surface area contributed by atoms with Crippen LogP contribution in [0.25, 0.3) is 5.65 Å². The zero-order valence-corrected chi connectivity index (χ0v) is 14.9. The SMILES string of the molecule is COc1ccc(OCCCC(=O)NC(C)c2nnc3ccccn23)cc1. The summed E-state index contributed by atoms with van der Waals surface area (Å²) in [6.07, 6.45) is 2.90. The molecule has 0 saturated heterocycles. The van der Waals surface area contributed by atoms with E-state index in [1.165, 1.54) is 0 Å². The molecule has 3 rings (SSSR count). The minimum atomic E-state index is -0.220. The second kappa shape index (κ2) is 8.33. The lowest BCUT2D eigenvalue weighted by atomic mass is 10.2. The van der Waals surface area contributed by atoms with Crippen molar-refractivity contribution in [2.24, 2.45) is 0 Å². The van der Waals surface area contributed by atoms with Gasteiger partial charge in [-0.1, -0.05) is 6.07 Å². The fourth-order valence-corrected chi connectivity index (χ4v) is 2.63. The average molecular weight is 354 g/mol. The van der Waals surface area contributed by atoms with Crippen LogP contribution in [0.1, 0.15) is 31.6 Å². The summed E-state index contributed by atoms with van der Waals surface area (Å²) >= 11 is 0. The van der Waals surface area contributed by atoms with Gasteiger partial charge in [0.2, 0.25) is 5.91 Å². The molecule has 3 aromatic rings. The number of carbonyl (C=O) groups is 1. The molecular formula is C19H22N4O3. The van der Waals surface area contributed by atoms with Gasteiger partial charge in [0.15, 0.2) is 11.5 Å². The molecule has 7 nitrogen and oxygen atoms in total. The van der Waals surface area contributed by atoms with Gasteiger partial charge in [0.25, 0.3) is 0 Å². The lowest BCUT2D eigenvalue weighted by molar-refractivity contribution is -0.122. The Bertz CT molecular complexity index is 861. The number of hydrogen-bond acceptors (Lipinski definition) is 5. The van der Waals surface area contributed by atoms with E-state index < -0.39 is 0 Å². The van der Waals surface area contributed by atoms with Gasteiger partial charge in [-0.15, -0.1) is 10.2 Å². The molecule has 0 bridgehead atoms. The number of nitrogens with zero attached hydrogens (tertiary/aromatic N) is 3. The van der Waals surface area contributed by atoms with E-state index in [0.29, 0.717) is 25.3 Å². The van der Waals surface area contributed by atoms with E-state index in [9.17, 15) is 4.79 Å². The molecule has 2 heterocycles. The Kier molecular flexibility index (Phi) is 5.68. The van der Waals surface area contributed by atoms with E-state index in [2.05, 4.69) is 15.5 Å². The lowest BCUT2D eigenvalue weighted by Gasteiger charge is -2.12. The summed E-state index contributed by atoms with van der Waals surface area (Å²) in [4.78, 5) is 12.1. The highest BCUT2D eigenvalue weighted by Crippen LogP contribution is 2.17. The largest absolute Gasteiger partial charge is 0.497 e. The summed E-state index contributed by atoms with van der Waals surface area (Å²) in [7, 11) is 1.62. The summed E-state index contributed by atoms with van der Waals surface area (Å²) in [5, 5.41) is 11.2. The van der Waals surface area contributed by atoms with E-state index >= 15 is 0 Å². The van der Waals surface area contributed by atoms with E-state index in [1.807, 2.05) is 60.0 Å². The highest BCUT2D eigenvalue weighted by Gasteiger charge is 2.15. The Morgan fingerprint density at radius 1 is 1.15 bits per heavy atom. The Balaban J connectivity index is 1.43. The van der Waals surface area contributed by atoms with Gasteiger partial charge in [-0.3, -0.25) is 9.20 Å². The van der Waals surface area contributed by atoms with Crippen molar-refractivity contribution in [2.75, 3.05) is 13.7 Å². The fourth-order valence-electron chi connectivity index (χ4n) is 2.63. The summed E-state index contributed by atoms with van der Waals surface area (Å²) in [6.45, 7) is 2.37. The molecule has 1 N–H and O–H groups in total. The molecule has 1 unspecified atom stereocenters. The van der Waals surface area contributed by atoms with Gasteiger partial charge in [0.1, 0.15) is 11.5 Å². The van der Waals surface area contributed by atoms with Crippen LogP contribution in [-0.4, -0.2) is 34.2 Å². The van der Waals surface area contributed by atoms with E-state index in [4.69, 9.17) is 9.47 Å².